The van der Waals surface area contributed by atoms with Crippen molar-refractivity contribution in [2.75, 3.05) is 5.88 Å². The van der Waals surface area contributed by atoms with Crippen LogP contribution in [-0.2, 0) is 0 Å². The number of carbonyl (C=O) groups excluding carboxylic acids is 1. The monoisotopic (exact) mass is 245 g/mol. The van der Waals surface area contributed by atoms with Gasteiger partial charge in [-0.2, -0.15) is 0 Å². The van der Waals surface area contributed by atoms with E-state index in [1.165, 1.54) is 0 Å². The first-order valence-corrected chi connectivity index (χ1v) is 5.26. The molecule has 1 rings (SSSR count). The van der Waals surface area contributed by atoms with Crippen LogP contribution < -0.4 is 5.32 Å². The number of phenolic OH excluding ortho intramolecular Hbond substituents is 1. The van der Waals surface area contributed by atoms with Crippen LogP contribution in [0.15, 0.2) is 18.2 Å². The van der Waals surface area contributed by atoms with Crippen molar-refractivity contribution in [3.8, 4) is 5.75 Å². The van der Waals surface area contributed by atoms with Crippen molar-refractivity contribution in [2.45, 2.75) is 19.4 Å². The smallest absolute Gasteiger partial charge is 0.255 e. The van der Waals surface area contributed by atoms with Gasteiger partial charge >= 0.3 is 0 Å². The lowest BCUT2D eigenvalue weighted by Gasteiger charge is -2.23. The maximum absolute atomic E-state index is 12.9. The summed E-state index contributed by atoms with van der Waals surface area (Å²) >= 11 is 5.64. The van der Waals surface area contributed by atoms with Gasteiger partial charge in [0, 0.05) is 11.4 Å². The fourth-order valence-corrected chi connectivity index (χ4v) is 1.17. The van der Waals surface area contributed by atoms with Crippen LogP contribution >= 0.6 is 11.6 Å². The van der Waals surface area contributed by atoms with E-state index in [9.17, 15) is 14.3 Å². The second-order valence-electron chi connectivity index (χ2n) is 4.13. The maximum atomic E-state index is 12.9. The Morgan fingerprint density at radius 2 is 2.19 bits per heavy atom. The largest absolute Gasteiger partial charge is 0.507 e. The topological polar surface area (TPSA) is 49.3 Å². The third-order valence-corrected chi connectivity index (χ3v) is 2.66. The van der Waals surface area contributed by atoms with Gasteiger partial charge in [0.05, 0.1) is 5.56 Å². The summed E-state index contributed by atoms with van der Waals surface area (Å²) in [6, 6.07) is 3.20. The quantitative estimate of drug-likeness (QED) is 0.803. The van der Waals surface area contributed by atoms with Gasteiger partial charge < -0.3 is 10.4 Å². The Kier molecular flexibility index (Phi) is 3.75. The number of benzene rings is 1. The van der Waals surface area contributed by atoms with Crippen molar-refractivity contribution in [3.63, 3.8) is 0 Å². The molecular weight excluding hydrogens is 233 g/mol. The van der Waals surface area contributed by atoms with Crippen LogP contribution in [-0.4, -0.2) is 22.4 Å². The number of nitrogens with one attached hydrogen (secondary N) is 1. The first-order chi connectivity index (χ1) is 7.35. The molecule has 0 fully saturated rings. The van der Waals surface area contributed by atoms with Crippen LogP contribution in [0.5, 0.6) is 5.75 Å². The zero-order chi connectivity index (χ0) is 12.3. The van der Waals surface area contributed by atoms with Crippen LogP contribution in [0.2, 0.25) is 0 Å². The second kappa shape index (κ2) is 4.70. The van der Waals surface area contributed by atoms with E-state index in [0.717, 1.165) is 18.2 Å². The highest BCUT2D eigenvalue weighted by atomic mass is 35.5. The normalized spacial score (nSPS) is 11.2. The minimum absolute atomic E-state index is 0.0989. The summed E-state index contributed by atoms with van der Waals surface area (Å²) in [6.45, 7) is 3.46. The molecule has 1 amide bonds. The summed E-state index contributed by atoms with van der Waals surface area (Å²) in [5.74, 6) is -1.17. The van der Waals surface area contributed by atoms with Crippen molar-refractivity contribution in [1.29, 1.82) is 0 Å². The first kappa shape index (κ1) is 12.8. The van der Waals surface area contributed by atoms with Gasteiger partial charge in [0.25, 0.3) is 5.91 Å². The van der Waals surface area contributed by atoms with Crippen molar-refractivity contribution in [2.24, 2.45) is 0 Å². The van der Waals surface area contributed by atoms with E-state index in [1.54, 1.807) is 13.8 Å². The molecule has 0 spiro atoms. The molecule has 0 saturated heterocycles. The van der Waals surface area contributed by atoms with Crippen molar-refractivity contribution in [3.05, 3.63) is 29.6 Å². The lowest BCUT2D eigenvalue weighted by molar-refractivity contribution is 0.0917. The molecule has 1 aromatic carbocycles. The lowest BCUT2D eigenvalue weighted by atomic mass is 10.1. The average molecular weight is 246 g/mol. The summed E-state index contributed by atoms with van der Waals surface area (Å²) in [5.41, 5.74) is -0.713. The summed E-state index contributed by atoms with van der Waals surface area (Å²) in [5, 5.41) is 12.0. The fraction of sp³-hybridized carbons (Fsp3) is 0.364. The van der Waals surface area contributed by atoms with Gasteiger partial charge in [0.2, 0.25) is 0 Å². The Bertz CT molecular complexity index is 407. The summed E-state index contributed by atoms with van der Waals surface area (Å²) in [4.78, 5) is 11.7. The van der Waals surface area contributed by atoms with Crippen molar-refractivity contribution in [1.82, 2.24) is 5.32 Å². The number of aromatic hydroxyl groups is 1. The highest BCUT2D eigenvalue weighted by molar-refractivity contribution is 6.18. The van der Waals surface area contributed by atoms with Crippen LogP contribution in [0, 0.1) is 5.82 Å². The molecule has 0 aromatic heterocycles. The van der Waals surface area contributed by atoms with E-state index in [-0.39, 0.29) is 17.2 Å². The maximum Gasteiger partial charge on any atom is 0.255 e. The molecule has 88 valence electrons. The fourth-order valence-electron chi connectivity index (χ4n) is 1.10. The predicted octanol–water partition coefficient (Wildman–Crippen LogP) is 2.28. The molecule has 0 aliphatic carbocycles. The standard InChI is InChI=1S/C11H13ClFNO2/c1-11(2,6-12)14-10(16)8-5-7(13)3-4-9(8)15/h3-5,15H,6H2,1-2H3,(H,14,16). The lowest BCUT2D eigenvalue weighted by Crippen LogP contribution is -2.44. The zero-order valence-electron chi connectivity index (χ0n) is 9.05. The number of carbonyl (C=O) groups is 1. The molecule has 0 radical (unpaired) electrons. The molecule has 3 nitrogen and oxygen atoms in total. The molecule has 0 unspecified atom stereocenters. The van der Waals surface area contributed by atoms with Gasteiger partial charge in [-0.05, 0) is 32.0 Å². The van der Waals surface area contributed by atoms with Gasteiger partial charge in [0.1, 0.15) is 11.6 Å². The highest BCUT2D eigenvalue weighted by Crippen LogP contribution is 2.18. The van der Waals surface area contributed by atoms with Gasteiger partial charge in [-0.3, -0.25) is 4.79 Å². The number of rotatable bonds is 3. The third kappa shape index (κ3) is 3.10. The minimum Gasteiger partial charge on any atom is -0.507 e. The molecule has 1 aromatic rings. The predicted molar refractivity (Wildman–Crippen MR) is 60.3 cm³/mol. The van der Waals surface area contributed by atoms with Crippen LogP contribution in [0.1, 0.15) is 24.2 Å². The molecule has 16 heavy (non-hydrogen) atoms. The third-order valence-electron chi connectivity index (χ3n) is 1.99. The Morgan fingerprint density at radius 1 is 1.56 bits per heavy atom. The van der Waals surface area contributed by atoms with E-state index in [4.69, 9.17) is 11.6 Å². The molecule has 2 N–H and O–H groups in total. The number of halogens is 2. The van der Waals surface area contributed by atoms with Gasteiger partial charge in [0.15, 0.2) is 0 Å². The van der Waals surface area contributed by atoms with E-state index >= 15 is 0 Å². The molecule has 0 aliphatic heterocycles. The Balaban J connectivity index is 2.93. The number of phenols is 1. The van der Waals surface area contributed by atoms with Crippen molar-refractivity contribution >= 4 is 17.5 Å². The first-order valence-electron chi connectivity index (χ1n) is 4.73. The van der Waals surface area contributed by atoms with E-state index in [1.807, 2.05) is 0 Å². The van der Waals surface area contributed by atoms with Crippen molar-refractivity contribution < 1.29 is 14.3 Å². The van der Waals surface area contributed by atoms with Crippen LogP contribution in [0.4, 0.5) is 4.39 Å². The molecule has 0 saturated carbocycles. The van der Waals surface area contributed by atoms with E-state index in [2.05, 4.69) is 5.32 Å². The van der Waals surface area contributed by atoms with Crippen LogP contribution in [0.3, 0.4) is 0 Å². The number of alkyl halides is 1. The number of hydrogen-bond donors (Lipinski definition) is 2. The SMILES string of the molecule is CC(C)(CCl)NC(=O)c1cc(F)ccc1O. The van der Waals surface area contributed by atoms with Gasteiger partial charge in [-0.25, -0.2) is 4.39 Å². The Hall–Kier alpha value is -1.29. The van der Waals surface area contributed by atoms with E-state index < -0.39 is 17.3 Å². The number of amides is 1. The number of hydrogen-bond acceptors (Lipinski definition) is 2. The second-order valence-corrected chi connectivity index (χ2v) is 4.40. The zero-order valence-corrected chi connectivity index (χ0v) is 9.81. The molecular formula is C11H13ClFNO2. The average Bonchev–Trinajstić information content (AvgIpc) is 2.21. The Morgan fingerprint density at radius 3 is 2.75 bits per heavy atom. The van der Waals surface area contributed by atoms with Gasteiger partial charge in [-0.15, -0.1) is 11.6 Å². The molecule has 0 heterocycles. The minimum atomic E-state index is -0.614. The summed E-state index contributed by atoms with van der Waals surface area (Å²) in [6.07, 6.45) is 0. The molecule has 0 bridgehead atoms. The summed E-state index contributed by atoms with van der Waals surface area (Å²) < 4.78 is 12.9. The molecule has 0 atom stereocenters. The highest BCUT2D eigenvalue weighted by Gasteiger charge is 2.21. The molecule has 0 aliphatic rings. The molecule has 5 heteroatoms. The Labute approximate surface area is 98.2 Å². The van der Waals surface area contributed by atoms with Gasteiger partial charge in [-0.1, -0.05) is 0 Å². The summed E-state index contributed by atoms with van der Waals surface area (Å²) in [7, 11) is 0. The van der Waals surface area contributed by atoms with Crippen LogP contribution in [0.25, 0.3) is 0 Å². The van der Waals surface area contributed by atoms with E-state index in [0.29, 0.717) is 0 Å².